The number of amides is 5. The first-order valence-electron chi connectivity index (χ1n) is 10.7. The monoisotopic (exact) mass is 461 g/mol. The maximum Gasteiger partial charge on any atom is 0.322 e. The van der Waals surface area contributed by atoms with Crippen molar-refractivity contribution in [2.75, 3.05) is 25.1 Å². The summed E-state index contributed by atoms with van der Waals surface area (Å²) in [5.74, 6) is 0.260. The molecule has 1 aromatic carbocycles. The minimum Gasteiger partial charge on any atom is -0.497 e. The van der Waals surface area contributed by atoms with Crippen molar-refractivity contribution < 1.29 is 28.3 Å². The van der Waals surface area contributed by atoms with Crippen molar-refractivity contribution in [1.82, 2.24) is 20.5 Å². The summed E-state index contributed by atoms with van der Waals surface area (Å²) in [6.07, 6.45) is 0.476. The number of imide groups is 1. The third-order valence-electron chi connectivity index (χ3n) is 6.47. The fourth-order valence-electron chi connectivity index (χ4n) is 4.57. The van der Waals surface area contributed by atoms with Crippen molar-refractivity contribution in [3.05, 3.63) is 53.3 Å². The molecular weight excluding hydrogens is 442 g/mol. The number of pyridine rings is 1. The van der Waals surface area contributed by atoms with Gasteiger partial charge >= 0.3 is 6.03 Å². The van der Waals surface area contributed by atoms with Crippen LogP contribution in [0.4, 0.5) is 10.6 Å². The molecule has 3 aliphatic heterocycles. The molecule has 34 heavy (non-hydrogen) atoms. The number of anilines is 1. The minimum atomic E-state index is -1.63. The van der Waals surface area contributed by atoms with Gasteiger partial charge in [0.05, 0.1) is 13.7 Å². The van der Waals surface area contributed by atoms with Crippen LogP contribution in [0.3, 0.4) is 0 Å². The van der Waals surface area contributed by atoms with E-state index in [0.29, 0.717) is 41.2 Å². The van der Waals surface area contributed by atoms with Gasteiger partial charge < -0.3 is 19.4 Å². The number of urea groups is 1. The molecule has 0 bridgehead atoms. The maximum atomic E-state index is 13.1. The average Bonchev–Trinajstić information content (AvgIpc) is 3.46. The number of carbonyl (C=O) groups is 4. The molecule has 0 spiro atoms. The lowest BCUT2D eigenvalue weighted by Gasteiger charge is -2.29. The Morgan fingerprint density at radius 2 is 2.00 bits per heavy atom. The summed E-state index contributed by atoms with van der Waals surface area (Å²) >= 11 is 0. The molecule has 2 saturated heterocycles. The maximum absolute atomic E-state index is 13.1. The third kappa shape index (κ3) is 2.86. The molecule has 3 aliphatic rings. The lowest BCUT2D eigenvalue weighted by atomic mass is 9.95. The van der Waals surface area contributed by atoms with E-state index in [-0.39, 0.29) is 30.7 Å². The van der Waals surface area contributed by atoms with Crippen LogP contribution in [0.2, 0.25) is 0 Å². The molecule has 3 aromatic rings. The van der Waals surface area contributed by atoms with E-state index in [1.54, 1.807) is 41.3 Å². The van der Waals surface area contributed by atoms with Gasteiger partial charge in [-0.2, -0.15) is 0 Å². The van der Waals surface area contributed by atoms with Gasteiger partial charge in [-0.25, -0.2) is 9.78 Å². The number of benzene rings is 1. The zero-order chi connectivity index (χ0) is 23.6. The van der Waals surface area contributed by atoms with E-state index in [9.17, 15) is 19.2 Å². The second-order valence-electron chi connectivity index (χ2n) is 8.46. The summed E-state index contributed by atoms with van der Waals surface area (Å²) in [5.41, 5.74) is 0.462. The molecule has 11 nitrogen and oxygen atoms in total. The number of nitrogens with zero attached hydrogens (tertiary/aromatic N) is 3. The number of aromatic nitrogens is 1. The lowest BCUT2D eigenvalue weighted by Crippen LogP contribution is -2.52. The quantitative estimate of drug-likeness (QED) is 0.432. The first kappa shape index (κ1) is 20.2. The summed E-state index contributed by atoms with van der Waals surface area (Å²) in [7, 11) is 1.52. The van der Waals surface area contributed by atoms with Crippen molar-refractivity contribution >= 4 is 40.7 Å². The molecule has 0 saturated carbocycles. The van der Waals surface area contributed by atoms with Crippen LogP contribution in [0.1, 0.15) is 28.1 Å². The van der Waals surface area contributed by atoms with E-state index in [4.69, 9.17) is 9.15 Å². The summed E-state index contributed by atoms with van der Waals surface area (Å²) < 4.78 is 11.2. The molecule has 0 unspecified atom stereocenters. The Hall–Kier alpha value is -4.41. The van der Waals surface area contributed by atoms with Gasteiger partial charge in [0.1, 0.15) is 22.8 Å². The Balaban J connectivity index is 1.37. The number of hydrogen-bond donors (Lipinski definition) is 2. The standard InChI is InChI=1S/C23H19N5O6/c1-33-13-3-2-12-10-27(20(30)14(12)8-13)11-23(21(31)25-22(32)26-23)17-9-15-16(34-17)4-5-18(24-15)28-7-6-19(28)29/h2-5,8-9H,6-7,10-11H2,1H3,(H2,25,26,31,32)/t23-/m0/s1. The van der Waals surface area contributed by atoms with Crippen molar-refractivity contribution in [1.29, 1.82) is 0 Å². The number of carbonyl (C=O) groups excluding carboxylic acids is 4. The van der Waals surface area contributed by atoms with Crippen LogP contribution in [0, 0.1) is 0 Å². The van der Waals surface area contributed by atoms with Crippen molar-refractivity contribution in [3.8, 4) is 5.75 Å². The SMILES string of the molecule is COc1ccc2c(c1)C(=O)N(C[C@@]1(c3cc4nc(N5CCC5=O)ccc4o3)NC(=O)NC1=O)C2. The van der Waals surface area contributed by atoms with E-state index in [2.05, 4.69) is 15.6 Å². The fourth-order valence-corrected chi connectivity index (χ4v) is 4.57. The molecule has 11 heteroatoms. The van der Waals surface area contributed by atoms with Crippen LogP contribution in [0.25, 0.3) is 11.1 Å². The van der Waals surface area contributed by atoms with Crippen LogP contribution in [-0.4, -0.2) is 53.8 Å². The number of furan rings is 1. The zero-order valence-corrected chi connectivity index (χ0v) is 18.1. The molecule has 5 amide bonds. The van der Waals surface area contributed by atoms with E-state index in [0.717, 1.165) is 5.56 Å². The van der Waals surface area contributed by atoms with Gasteiger partial charge in [0, 0.05) is 31.1 Å². The highest BCUT2D eigenvalue weighted by Gasteiger charge is 2.53. The van der Waals surface area contributed by atoms with Gasteiger partial charge in [-0.1, -0.05) is 6.07 Å². The summed E-state index contributed by atoms with van der Waals surface area (Å²) in [5, 5.41) is 4.91. The highest BCUT2D eigenvalue weighted by atomic mass is 16.5. The zero-order valence-electron chi connectivity index (χ0n) is 18.1. The molecule has 0 radical (unpaired) electrons. The van der Waals surface area contributed by atoms with Crippen molar-refractivity contribution in [2.45, 2.75) is 18.5 Å². The van der Waals surface area contributed by atoms with Crippen LogP contribution in [-0.2, 0) is 21.7 Å². The molecule has 0 aliphatic carbocycles. The number of ether oxygens (including phenoxy) is 1. The molecule has 1 atom stereocenters. The van der Waals surface area contributed by atoms with Gasteiger partial charge in [0.2, 0.25) is 5.91 Å². The molecule has 2 aromatic heterocycles. The summed E-state index contributed by atoms with van der Waals surface area (Å²) in [6.45, 7) is 0.716. The average molecular weight is 461 g/mol. The predicted molar refractivity (Wildman–Crippen MR) is 117 cm³/mol. The van der Waals surface area contributed by atoms with Crippen LogP contribution in [0.5, 0.6) is 5.75 Å². The van der Waals surface area contributed by atoms with Gasteiger partial charge in [-0.3, -0.25) is 24.6 Å². The molecular formula is C23H19N5O6. The number of nitrogens with one attached hydrogen (secondary N) is 2. The van der Waals surface area contributed by atoms with Crippen LogP contribution < -0.4 is 20.3 Å². The first-order valence-corrected chi connectivity index (χ1v) is 10.7. The number of methoxy groups -OCH3 is 1. The fraction of sp³-hybridized carbons (Fsp3) is 0.261. The van der Waals surface area contributed by atoms with Crippen molar-refractivity contribution in [2.24, 2.45) is 0 Å². The highest BCUT2D eigenvalue weighted by molar-refractivity contribution is 6.08. The normalized spacial score (nSPS) is 21.6. The van der Waals surface area contributed by atoms with Gasteiger partial charge in [-0.05, 0) is 29.8 Å². The molecule has 172 valence electrons. The molecule has 5 heterocycles. The number of β-lactam (4-membered cyclic amide) rings is 1. The summed E-state index contributed by atoms with van der Waals surface area (Å²) in [4.78, 5) is 57.7. The van der Waals surface area contributed by atoms with Gasteiger partial charge in [0.25, 0.3) is 11.8 Å². The number of fused-ring (bicyclic) bond motifs is 2. The lowest BCUT2D eigenvalue weighted by molar-refractivity contribution is -0.125. The Kier molecular flexibility index (Phi) is 4.19. The smallest absolute Gasteiger partial charge is 0.322 e. The van der Waals surface area contributed by atoms with E-state index in [1.807, 2.05) is 0 Å². The Morgan fingerprint density at radius 1 is 1.15 bits per heavy atom. The topological polar surface area (TPSA) is 134 Å². The van der Waals surface area contributed by atoms with E-state index >= 15 is 0 Å². The second-order valence-corrected chi connectivity index (χ2v) is 8.46. The van der Waals surface area contributed by atoms with Gasteiger partial charge in [-0.15, -0.1) is 0 Å². The Bertz CT molecular complexity index is 1410. The highest BCUT2D eigenvalue weighted by Crippen LogP contribution is 2.35. The van der Waals surface area contributed by atoms with E-state index < -0.39 is 17.5 Å². The Labute approximate surface area is 192 Å². The van der Waals surface area contributed by atoms with Crippen LogP contribution in [0.15, 0.2) is 40.8 Å². The van der Waals surface area contributed by atoms with Gasteiger partial charge in [0.15, 0.2) is 11.1 Å². The largest absolute Gasteiger partial charge is 0.497 e. The predicted octanol–water partition coefficient (Wildman–Crippen LogP) is 1.26. The Morgan fingerprint density at radius 3 is 2.68 bits per heavy atom. The molecule has 6 rings (SSSR count). The molecule has 2 fully saturated rings. The molecule has 2 N–H and O–H groups in total. The van der Waals surface area contributed by atoms with E-state index in [1.165, 1.54) is 12.0 Å². The van der Waals surface area contributed by atoms with Crippen LogP contribution >= 0.6 is 0 Å². The minimum absolute atomic E-state index is 0.0155. The number of hydrogen-bond acceptors (Lipinski definition) is 7. The number of rotatable bonds is 5. The first-order chi connectivity index (χ1) is 16.4. The summed E-state index contributed by atoms with van der Waals surface area (Å²) in [6, 6.07) is 9.43. The second kappa shape index (κ2) is 7.04. The third-order valence-corrected chi connectivity index (χ3v) is 6.47. The van der Waals surface area contributed by atoms with Crippen molar-refractivity contribution in [3.63, 3.8) is 0 Å².